The second-order valence-corrected chi connectivity index (χ2v) is 32.6. The van der Waals surface area contributed by atoms with E-state index in [9.17, 15) is 43.2 Å². The molecule has 0 aliphatic heterocycles. The van der Waals surface area contributed by atoms with E-state index in [-0.39, 0.29) is 25.7 Å². The van der Waals surface area contributed by atoms with Crippen LogP contribution in [0.2, 0.25) is 0 Å². The standard InChI is InChI=1S/C79H154O17P2/c1-8-10-11-12-13-14-25-33-40-48-55-62-78(83)96-75(67-90-77(82)61-54-47-42-35-37-44-51-58-71(5)6)69-94-98(87,88)92-65-73(80)64-91-97(85,86)93-68-74(66-89-76(81)60-53-46-39-32-28-23-20-19-22-27-31-38-45-52-59-72(7)9-2)95-79(84)63-56-49-41-34-29-24-18-16-15-17-21-26-30-36-43-50-57-70(3)4/h70-75,80H,8-69H2,1-7H3,(H,85,86)(H,87,88)/t72?,73-,74-,75-/m1/s1. The molecule has 3 unspecified atom stereocenters. The van der Waals surface area contributed by atoms with Crippen molar-refractivity contribution in [3.8, 4) is 0 Å². The van der Waals surface area contributed by atoms with Crippen LogP contribution in [0, 0.1) is 17.8 Å². The second-order valence-electron chi connectivity index (χ2n) is 29.6. The first-order valence-electron chi connectivity index (χ1n) is 40.9. The summed E-state index contributed by atoms with van der Waals surface area (Å²) < 4.78 is 68.6. The third kappa shape index (κ3) is 71.1. The molecule has 0 aliphatic carbocycles. The van der Waals surface area contributed by atoms with E-state index in [4.69, 9.17) is 37.0 Å². The fourth-order valence-electron chi connectivity index (χ4n) is 12.1. The predicted molar refractivity (Wildman–Crippen MR) is 400 cm³/mol. The quantitative estimate of drug-likeness (QED) is 0.0222. The van der Waals surface area contributed by atoms with Gasteiger partial charge in [-0.05, 0) is 43.4 Å². The molecule has 582 valence electrons. The molecule has 6 atom stereocenters. The van der Waals surface area contributed by atoms with E-state index in [2.05, 4.69) is 48.5 Å². The molecule has 0 rings (SSSR count). The molecule has 0 spiro atoms. The van der Waals surface area contributed by atoms with Gasteiger partial charge in [0, 0.05) is 25.7 Å². The van der Waals surface area contributed by atoms with Crippen LogP contribution in [0.5, 0.6) is 0 Å². The lowest BCUT2D eigenvalue weighted by atomic mass is 9.99. The molecule has 0 heterocycles. The monoisotopic (exact) mass is 1440 g/mol. The number of aliphatic hydroxyl groups is 1. The summed E-state index contributed by atoms with van der Waals surface area (Å²) >= 11 is 0. The summed E-state index contributed by atoms with van der Waals surface area (Å²) in [5.74, 6) is 0.250. The number of rotatable bonds is 77. The average molecular weight is 1440 g/mol. The Bertz CT molecular complexity index is 1910. The van der Waals surface area contributed by atoms with Gasteiger partial charge in [-0.3, -0.25) is 37.3 Å². The molecule has 0 radical (unpaired) electrons. The Morgan fingerprint density at radius 2 is 0.520 bits per heavy atom. The molecule has 0 saturated heterocycles. The van der Waals surface area contributed by atoms with E-state index < -0.39 is 97.5 Å². The largest absolute Gasteiger partial charge is 0.472 e. The molecule has 0 bridgehead atoms. The van der Waals surface area contributed by atoms with Gasteiger partial charge >= 0.3 is 39.5 Å². The zero-order chi connectivity index (χ0) is 72.3. The number of carbonyl (C=O) groups excluding carboxylic acids is 4. The second kappa shape index (κ2) is 69.4. The molecule has 0 amide bonds. The van der Waals surface area contributed by atoms with Crippen molar-refractivity contribution in [2.45, 2.75) is 426 Å². The maximum absolute atomic E-state index is 13.1. The zero-order valence-electron chi connectivity index (χ0n) is 64.3. The number of hydrogen-bond acceptors (Lipinski definition) is 15. The van der Waals surface area contributed by atoms with Gasteiger partial charge in [-0.1, -0.05) is 357 Å². The van der Waals surface area contributed by atoms with Crippen molar-refractivity contribution in [2.75, 3.05) is 39.6 Å². The molecule has 0 aromatic rings. The highest BCUT2D eigenvalue weighted by atomic mass is 31.2. The fraction of sp³-hybridized carbons (Fsp3) is 0.949. The van der Waals surface area contributed by atoms with Crippen molar-refractivity contribution in [1.82, 2.24) is 0 Å². The van der Waals surface area contributed by atoms with Crippen molar-refractivity contribution in [3.05, 3.63) is 0 Å². The summed E-state index contributed by atoms with van der Waals surface area (Å²) in [6.07, 6.45) is 56.9. The molecule has 0 aliphatic rings. The minimum atomic E-state index is -4.96. The normalized spacial score (nSPS) is 14.3. The fourth-order valence-corrected chi connectivity index (χ4v) is 13.7. The maximum atomic E-state index is 13.1. The Morgan fingerprint density at radius 1 is 0.296 bits per heavy atom. The smallest absolute Gasteiger partial charge is 0.462 e. The Morgan fingerprint density at radius 3 is 0.776 bits per heavy atom. The summed E-state index contributed by atoms with van der Waals surface area (Å²) in [5.41, 5.74) is 0. The number of unbranched alkanes of at least 4 members (excludes halogenated alkanes) is 44. The third-order valence-electron chi connectivity index (χ3n) is 18.7. The molecule has 3 N–H and O–H groups in total. The van der Waals surface area contributed by atoms with Crippen LogP contribution >= 0.6 is 15.6 Å². The molecule has 0 saturated carbocycles. The van der Waals surface area contributed by atoms with E-state index in [1.54, 1.807) is 0 Å². The summed E-state index contributed by atoms with van der Waals surface area (Å²) in [7, 11) is -9.91. The predicted octanol–water partition coefficient (Wildman–Crippen LogP) is 23.4. The molecule has 0 aromatic carbocycles. The van der Waals surface area contributed by atoms with Crippen molar-refractivity contribution in [2.24, 2.45) is 17.8 Å². The number of phosphoric acid groups is 2. The van der Waals surface area contributed by atoms with Gasteiger partial charge in [0.25, 0.3) is 0 Å². The van der Waals surface area contributed by atoms with Crippen molar-refractivity contribution in [3.63, 3.8) is 0 Å². The van der Waals surface area contributed by atoms with Gasteiger partial charge in [-0.25, -0.2) is 9.13 Å². The lowest BCUT2D eigenvalue weighted by Crippen LogP contribution is -2.30. The first-order chi connectivity index (χ1) is 47.3. The maximum Gasteiger partial charge on any atom is 0.472 e. The van der Waals surface area contributed by atoms with Crippen molar-refractivity contribution >= 4 is 39.5 Å². The Kier molecular flexibility index (Phi) is 68.1. The topological polar surface area (TPSA) is 237 Å². The van der Waals surface area contributed by atoms with Crippen LogP contribution in [0.15, 0.2) is 0 Å². The summed E-state index contributed by atoms with van der Waals surface area (Å²) in [6, 6.07) is 0. The van der Waals surface area contributed by atoms with Crippen LogP contribution in [0.25, 0.3) is 0 Å². The summed E-state index contributed by atoms with van der Waals surface area (Å²) in [6.45, 7) is 11.9. The SMILES string of the molecule is CCCCCCCCCCCCCC(=O)O[C@H](COC(=O)CCCCCCCCCC(C)C)COP(=O)(O)OC[C@H](O)COP(=O)(O)OC[C@@H](COC(=O)CCCCCCCCCCCCCCCCC(C)CC)OC(=O)CCCCCCCCCCCCCCCCCCC(C)C. The molecule has 0 fully saturated rings. The van der Waals surface area contributed by atoms with Gasteiger partial charge < -0.3 is 33.8 Å². The van der Waals surface area contributed by atoms with E-state index in [1.165, 1.54) is 212 Å². The van der Waals surface area contributed by atoms with Crippen LogP contribution < -0.4 is 0 Å². The lowest BCUT2D eigenvalue weighted by molar-refractivity contribution is -0.161. The highest BCUT2D eigenvalue weighted by Gasteiger charge is 2.30. The van der Waals surface area contributed by atoms with Gasteiger partial charge in [0.2, 0.25) is 0 Å². The number of aliphatic hydroxyl groups excluding tert-OH is 1. The van der Waals surface area contributed by atoms with E-state index >= 15 is 0 Å². The minimum absolute atomic E-state index is 0.106. The molecule has 19 heteroatoms. The highest BCUT2D eigenvalue weighted by Crippen LogP contribution is 2.45. The number of esters is 4. The van der Waals surface area contributed by atoms with Crippen LogP contribution in [-0.4, -0.2) is 96.7 Å². The van der Waals surface area contributed by atoms with Crippen LogP contribution in [-0.2, 0) is 65.4 Å². The molecular formula is C79H154O17P2. The molecule has 17 nitrogen and oxygen atoms in total. The van der Waals surface area contributed by atoms with Gasteiger partial charge in [-0.15, -0.1) is 0 Å². The van der Waals surface area contributed by atoms with E-state index in [1.807, 2.05) is 0 Å². The first-order valence-corrected chi connectivity index (χ1v) is 43.9. The summed E-state index contributed by atoms with van der Waals surface area (Å²) in [5, 5.41) is 10.6. The number of hydrogen-bond donors (Lipinski definition) is 3. The first kappa shape index (κ1) is 96.1. The summed E-state index contributed by atoms with van der Waals surface area (Å²) in [4.78, 5) is 72.9. The molecule has 0 aromatic heterocycles. The van der Waals surface area contributed by atoms with Gasteiger partial charge in [0.05, 0.1) is 26.4 Å². The minimum Gasteiger partial charge on any atom is -0.462 e. The average Bonchev–Trinajstić information content (AvgIpc) is 1.02. The lowest BCUT2D eigenvalue weighted by Gasteiger charge is -2.21. The zero-order valence-corrected chi connectivity index (χ0v) is 66.0. The molecule has 98 heavy (non-hydrogen) atoms. The van der Waals surface area contributed by atoms with Crippen molar-refractivity contribution in [1.29, 1.82) is 0 Å². The Labute approximate surface area is 600 Å². The van der Waals surface area contributed by atoms with Gasteiger partial charge in [0.15, 0.2) is 12.2 Å². The van der Waals surface area contributed by atoms with Crippen LogP contribution in [0.1, 0.15) is 408 Å². The Balaban J connectivity index is 5.22. The van der Waals surface area contributed by atoms with E-state index in [0.29, 0.717) is 31.6 Å². The Hall–Kier alpha value is -1.94. The molecular weight excluding hydrogens is 1280 g/mol. The van der Waals surface area contributed by atoms with E-state index in [0.717, 1.165) is 108 Å². The van der Waals surface area contributed by atoms with Gasteiger partial charge in [-0.2, -0.15) is 0 Å². The van der Waals surface area contributed by atoms with Crippen molar-refractivity contribution < 1.29 is 80.2 Å². The number of phosphoric ester groups is 2. The highest BCUT2D eigenvalue weighted by molar-refractivity contribution is 7.47. The van der Waals surface area contributed by atoms with Crippen LogP contribution in [0.3, 0.4) is 0 Å². The third-order valence-corrected chi connectivity index (χ3v) is 20.6. The number of ether oxygens (including phenoxy) is 4. The van der Waals surface area contributed by atoms with Gasteiger partial charge in [0.1, 0.15) is 19.3 Å². The van der Waals surface area contributed by atoms with Crippen LogP contribution in [0.4, 0.5) is 0 Å². The number of carbonyl (C=O) groups is 4.